The highest BCUT2D eigenvalue weighted by atomic mass is 16.4. The first-order chi connectivity index (χ1) is 4.20. The van der Waals surface area contributed by atoms with Crippen LogP contribution in [0.5, 0.6) is 0 Å². The molecule has 0 saturated heterocycles. The monoisotopic (exact) mass is 127 g/mol. The van der Waals surface area contributed by atoms with Gasteiger partial charge in [0.15, 0.2) is 0 Å². The SMILES string of the molecule is CC(C)c1c[nH]c(=O)o1. The van der Waals surface area contributed by atoms with Crippen molar-refractivity contribution in [1.82, 2.24) is 4.98 Å². The molecule has 0 aromatic carbocycles. The maximum absolute atomic E-state index is 10.4. The van der Waals surface area contributed by atoms with E-state index in [0.717, 1.165) is 0 Å². The third-order valence-electron chi connectivity index (χ3n) is 1.11. The summed E-state index contributed by atoms with van der Waals surface area (Å²) in [6, 6.07) is 0. The van der Waals surface area contributed by atoms with Crippen molar-refractivity contribution in [3.05, 3.63) is 22.5 Å². The molecule has 1 aromatic heterocycles. The van der Waals surface area contributed by atoms with Crippen LogP contribution in [0.25, 0.3) is 0 Å². The van der Waals surface area contributed by atoms with Crippen LogP contribution >= 0.6 is 0 Å². The molecule has 1 rings (SSSR count). The second kappa shape index (κ2) is 2.09. The highest BCUT2D eigenvalue weighted by molar-refractivity contribution is 4.94. The maximum atomic E-state index is 10.4. The van der Waals surface area contributed by atoms with Gasteiger partial charge in [-0.05, 0) is 0 Å². The fourth-order valence-corrected chi connectivity index (χ4v) is 0.581. The lowest BCUT2D eigenvalue weighted by atomic mass is 10.2. The number of H-pyrrole nitrogens is 1. The molecule has 9 heavy (non-hydrogen) atoms. The lowest BCUT2D eigenvalue weighted by Gasteiger charge is -1.93. The molecule has 0 spiro atoms. The summed E-state index contributed by atoms with van der Waals surface area (Å²) in [5, 5.41) is 0. The number of aromatic nitrogens is 1. The van der Waals surface area contributed by atoms with Crippen molar-refractivity contribution < 1.29 is 4.42 Å². The molecule has 0 unspecified atom stereocenters. The average molecular weight is 127 g/mol. The van der Waals surface area contributed by atoms with Crippen molar-refractivity contribution in [3.63, 3.8) is 0 Å². The summed E-state index contributed by atoms with van der Waals surface area (Å²) in [5.74, 6) is 0.614. The van der Waals surface area contributed by atoms with Crippen LogP contribution in [0.15, 0.2) is 15.4 Å². The zero-order valence-electron chi connectivity index (χ0n) is 5.47. The molecule has 3 nitrogen and oxygen atoms in total. The number of rotatable bonds is 1. The molecule has 0 aliphatic heterocycles. The number of hydrogen-bond donors (Lipinski definition) is 1. The van der Waals surface area contributed by atoms with Crippen molar-refractivity contribution in [2.75, 3.05) is 0 Å². The molecule has 0 aliphatic carbocycles. The molecule has 1 aromatic rings. The molecular formula is C6H9NO2. The Morgan fingerprint density at radius 3 is 2.56 bits per heavy atom. The van der Waals surface area contributed by atoms with E-state index in [1.807, 2.05) is 13.8 Å². The summed E-state index contributed by atoms with van der Waals surface area (Å²) < 4.78 is 4.73. The van der Waals surface area contributed by atoms with Crippen LogP contribution in [0.4, 0.5) is 0 Å². The van der Waals surface area contributed by atoms with Gasteiger partial charge in [0.05, 0.1) is 0 Å². The van der Waals surface area contributed by atoms with Crippen molar-refractivity contribution in [1.29, 1.82) is 0 Å². The zero-order chi connectivity index (χ0) is 6.85. The Hall–Kier alpha value is -0.990. The van der Waals surface area contributed by atoms with E-state index in [1.165, 1.54) is 0 Å². The van der Waals surface area contributed by atoms with Gasteiger partial charge in [-0.3, -0.25) is 4.98 Å². The van der Waals surface area contributed by atoms with E-state index in [0.29, 0.717) is 5.76 Å². The van der Waals surface area contributed by atoms with Gasteiger partial charge in [0, 0.05) is 12.1 Å². The summed E-state index contributed by atoms with van der Waals surface area (Å²) in [6.45, 7) is 3.93. The lowest BCUT2D eigenvalue weighted by molar-refractivity contribution is 0.451. The minimum absolute atomic E-state index is 0.281. The predicted molar refractivity (Wildman–Crippen MR) is 33.4 cm³/mol. The zero-order valence-corrected chi connectivity index (χ0v) is 5.47. The van der Waals surface area contributed by atoms with E-state index in [-0.39, 0.29) is 11.7 Å². The van der Waals surface area contributed by atoms with E-state index in [9.17, 15) is 4.79 Å². The van der Waals surface area contributed by atoms with Gasteiger partial charge in [-0.2, -0.15) is 0 Å². The molecule has 50 valence electrons. The molecule has 1 heterocycles. The van der Waals surface area contributed by atoms with E-state index in [2.05, 4.69) is 4.98 Å². The van der Waals surface area contributed by atoms with Gasteiger partial charge in [-0.15, -0.1) is 0 Å². The van der Waals surface area contributed by atoms with Gasteiger partial charge in [0.2, 0.25) is 0 Å². The number of aromatic amines is 1. The van der Waals surface area contributed by atoms with Crippen LogP contribution in [0.1, 0.15) is 25.5 Å². The van der Waals surface area contributed by atoms with E-state index in [1.54, 1.807) is 6.20 Å². The quantitative estimate of drug-likeness (QED) is 0.613. The average Bonchev–Trinajstić information content (AvgIpc) is 2.14. The van der Waals surface area contributed by atoms with Gasteiger partial charge in [0.1, 0.15) is 5.76 Å². The van der Waals surface area contributed by atoms with Gasteiger partial charge < -0.3 is 4.42 Å². The van der Waals surface area contributed by atoms with Crippen LogP contribution in [-0.4, -0.2) is 4.98 Å². The van der Waals surface area contributed by atoms with Crippen LogP contribution in [0.2, 0.25) is 0 Å². The van der Waals surface area contributed by atoms with Crippen LogP contribution < -0.4 is 5.76 Å². The minimum atomic E-state index is -0.376. The van der Waals surface area contributed by atoms with Crippen LogP contribution in [0.3, 0.4) is 0 Å². The van der Waals surface area contributed by atoms with Gasteiger partial charge in [-0.1, -0.05) is 13.8 Å². The number of oxazole rings is 1. The van der Waals surface area contributed by atoms with Crippen LogP contribution in [-0.2, 0) is 0 Å². The Morgan fingerprint density at radius 2 is 2.33 bits per heavy atom. The summed E-state index contributed by atoms with van der Waals surface area (Å²) in [6.07, 6.45) is 1.59. The Balaban J connectivity index is 2.98. The second-order valence-corrected chi connectivity index (χ2v) is 2.24. The predicted octanol–water partition coefficient (Wildman–Crippen LogP) is 1.09. The standard InChI is InChI=1S/C6H9NO2/c1-4(2)5-3-7-6(8)9-5/h3-4H,1-2H3,(H,7,8). The molecule has 0 amide bonds. The summed E-state index contributed by atoms with van der Waals surface area (Å²) in [4.78, 5) is 12.8. The van der Waals surface area contributed by atoms with E-state index < -0.39 is 0 Å². The summed E-state index contributed by atoms with van der Waals surface area (Å²) in [7, 11) is 0. The highest BCUT2D eigenvalue weighted by Crippen LogP contribution is 2.09. The molecule has 3 heteroatoms. The Labute approximate surface area is 52.7 Å². The largest absolute Gasteiger partial charge is 0.416 e. The Kier molecular flexibility index (Phi) is 1.42. The van der Waals surface area contributed by atoms with Gasteiger partial charge in [0.25, 0.3) is 0 Å². The first kappa shape index (κ1) is 6.13. The molecule has 0 saturated carbocycles. The minimum Gasteiger partial charge on any atom is -0.413 e. The second-order valence-electron chi connectivity index (χ2n) is 2.24. The number of hydrogen-bond acceptors (Lipinski definition) is 2. The van der Waals surface area contributed by atoms with Crippen molar-refractivity contribution in [2.24, 2.45) is 0 Å². The lowest BCUT2D eigenvalue weighted by Crippen LogP contribution is -1.93. The molecule has 0 atom stereocenters. The fourth-order valence-electron chi connectivity index (χ4n) is 0.581. The van der Waals surface area contributed by atoms with Gasteiger partial charge >= 0.3 is 5.76 Å². The molecule has 0 bridgehead atoms. The van der Waals surface area contributed by atoms with Crippen molar-refractivity contribution in [3.8, 4) is 0 Å². The smallest absolute Gasteiger partial charge is 0.413 e. The third-order valence-corrected chi connectivity index (χ3v) is 1.11. The molecule has 1 N–H and O–H groups in total. The summed E-state index contributed by atoms with van der Waals surface area (Å²) in [5.41, 5.74) is 0. The first-order valence-electron chi connectivity index (χ1n) is 2.88. The third kappa shape index (κ3) is 1.22. The molecule has 0 aliphatic rings. The van der Waals surface area contributed by atoms with Gasteiger partial charge in [-0.25, -0.2) is 4.79 Å². The Bertz CT molecular complexity index is 233. The first-order valence-corrected chi connectivity index (χ1v) is 2.88. The maximum Gasteiger partial charge on any atom is 0.416 e. The van der Waals surface area contributed by atoms with E-state index >= 15 is 0 Å². The summed E-state index contributed by atoms with van der Waals surface area (Å²) >= 11 is 0. The topological polar surface area (TPSA) is 46.0 Å². The van der Waals surface area contributed by atoms with E-state index in [4.69, 9.17) is 4.42 Å². The Morgan fingerprint density at radius 1 is 1.67 bits per heavy atom. The normalized spacial score (nSPS) is 10.6. The molecule has 0 fully saturated rings. The number of nitrogens with one attached hydrogen (secondary N) is 1. The molecule has 0 radical (unpaired) electrons. The van der Waals surface area contributed by atoms with Crippen molar-refractivity contribution in [2.45, 2.75) is 19.8 Å². The van der Waals surface area contributed by atoms with Crippen molar-refractivity contribution >= 4 is 0 Å². The molecular weight excluding hydrogens is 118 g/mol. The van der Waals surface area contributed by atoms with Crippen LogP contribution in [0, 0.1) is 0 Å². The highest BCUT2D eigenvalue weighted by Gasteiger charge is 2.01. The fraction of sp³-hybridized carbons (Fsp3) is 0.500.